The van der Waals surface area contributed by atoms with Crippen molar-refractivity contribution in [3.63, 3.8) is 0 Å². The Bertz CT molecular complexity index is 660. The van der Waals surface area contributed by atoms with Crippen LogP contribution in [0, 0.1) is 0 Å². The number of carbonyl (C=O) groups is 2. The van der Waals surface area contributed by atoms with Crippen LogP contribution < -0.4 is 5.32 Å². The molecule has 0 spiro atoms. The lowest BCUT2D eigenvalue weighted by molar-refractivity contribution is -0.147. The summed E-state index contributed by atoms with van der Waals surface area (Å²) >= 11 is 0. The Kier molecular flexibility index (Phi) is 6.28. The van der Waals surface area contributed by atoms with Crippen LogP contribution in [0.25, 0.3) is 0 Å². The van der Waals surface area contributed by atoms with Crippen LogP contribution in [0.2, 0.25) is 0 Å². The van der Waals surface area contributed by atoms with Crippen LogP contribution >= 0.6 is 0 Å². The minimum absolute atomic E-state index is 0.0739. The minimum atomic E-state index is -3.80. The Hall–Kier alpha value is -1.93. The predicted molar refractivity (Wildman–Crippen MR) is 85.3 cm³/mol. The van der Waals surface area contributed by atoms with Crippen LogP contribution in [0.4, 0.5) is 0 Å². The van der Waals surface area contributed by atoms with Gasteiger partial charge in [0.25, 0.3) is 0 Å². The fourth-order valence-electron chi connectivity index (χ4n) is 2.13. The molecule has 0 saturated heterocycles. The van der Waals surface area contributed by atoms with Crippen molar-refractivity contribution < 1.29 is 23.1 Å². The van der Waals surface area contributed by atoms with Crippen molar-refractivity contribution in [2.75, 3.05) is 13.6 Å². The lowest BCUT2D eigenvalue weighted by atomic mass is 9.96. The van der Waals surface area contributed by atoms with E-state index in [1.807, 2.05) is 0 Å². The number of amides is 1. The van der Waals surface area contributed by atoms with Gasteiger partial charge in [-0.3, -0.25) is 4.79 Å². The van der Waals surface area contributed by atoms with Crippen molar-refractivity contribution in [3.8, 4) is 0 Å². The van der Waals surface area contributed by atoms with Gasteiger partial charge in [-0.05, 0) is 25.5 Å². The Balaban J connectivity index is 2.83. The second-order valence-corrected chi connectivity index (χ2v) is 7.55. The molecule has 0 bridgehead atoms. The first kappa shape index (κ1) is 19.1. The number of carboxylic acids is 1. The van der Waals surface area contributed by atoms with E-state index in [4.69, 9.17) is 0 Å². The second-order valence-electron chi connectivity index (χ2n) is 5.51. The van der Waals surface area contributed by atoms with Gasteiger partial charge in [-0.25, -0.2) is 13.2 Å². The fourth-order valence-corrected chi connectivity index (χ4v) is 3.28. The van der Waals surface area contributed by atoms with Crippen LogP contribution in [-0.4, -0.2) is 48.8 Å². The molecule has 1 rings (SSSR count). The van der Waals surface area contributed by atoms with Crippen LogP contribution in [0.3, 0.4) is 0 Å². The number of sulfonamides is 1. The molecule has 1 aromatic rings. The summed E-state index contributed by atoms with van der Waals surface area (Å²) in [6.07, 6.45) is 0.824. The zero-order valence-electron chi connectivity index (χ0n) is 13.4. The van der Waals surface area contributed by atoms with E-state index in [9.17, 15) is 23.1 Å². The van der Waals surface area contributed by atoms with E-state index < -0.39 is 34.0 Å². The molecule has 2 N–H and O–H groups in total. The van der Waals surface area contributed by atoms with Crippen LogP contribution in [0.5, 0.6) is 0 Å². The van der Waals surface area contributed by atoms with Crippen molar-refractivity contribution in [2.24, 2.45) is 0 Å². The van der Waals surface area contributed by atoms with Gasteiger partial charge in [-0.2, -0.15) is 4.31 Å². The summed E-state index contributed by atoms with van der Waals surface area (Å²) < 4.78 is 25.5. The molecule has 0 aliphatic heterocycles. The summed E-state index contributed by atoms with van der Waals surface area (Å²) in [6.45, 7) is 2.76. The normalized spacial score (nSPS) is 14.3. The predicted octanol–water partition coefficient (Wildman–Crippen LogP) is 1.07. The lowest BCUT2D eigenvalue weighted by Crippen LogP contribution is -2.54. The number of nitrogens with one attached hydrogen (secondary N) is 1. The largest absolute Gasteiger partial charge is 0.480 e. The second kappa shape index (κ2) is 7.56. The number of hydrogen-bond donors (Lipinski definition) is 2. The molecule has 128 valence electrons. The molecule has 0 saturated carbocycles. The van der Waals surface area contributed by atoms with E-state index in [1.54, 1.807) is 25.1 Å². The number of benzene rings is 1. The molecule has 0 heterocycles. The van der Waals surface area contributed by atoms with Gasteiger partial charge in [0.1, 0.15) is 5.54 Å². The van der Waals surface area contributed by atoms with Gasteiger partial charge in [-0.15, -0.1) is 0 Å². The molecule has 23 heavy (non-hydrogen) atoms. The molecule has 0 radical (unpaired) electrons. The maximum Gasteiger partial charge on any atom is 0.329 e. The first-order chi connectivity index (χ1) is 10.6. The van der Waals surface area contributed by atoms with Crippen LogP contribution in [-0.2, 0) is 19.6 Å². The molecule has 1 aromatic carbocycles. The van der Waals surface area contributed by atoms with Gasteiger partial charge >= 0.3 is 5.97 Å². The molecule has 8 heteroatoms. The summed E-state index contributed by atoms with van der Waals surface area (Å²) in [6, 6.07) is 7.73. The number of rotatable bonds is 8. The van der Waals surface area contributed by atoms with Gasteiger partial charge in [0, 0.05) is 7.05 Å². The van der Waals surface area contributed by atoms with Gasteiger partial charge in [-0.1, -0.05) is 31.5 Å². The first-order valence-corrected chi connectivity index (χ1v) is 8.63. The van der Waals surface area contributed by atoms with E-state index in [-0.39, 0.29) is 11.3 Å². The number of nitrogens with zero attached hydrogens (tertiary/aromatic N) is 1. The fraction of sp³-hybridized carbons (Fsp3) is 0.467. The van der Waals surface area contributed by atoms with E-state index in [1.165, 1.54) is 26.1 Å². The number of carboxylic acid groups (broad SMARTS) is 1. The minimum Gasteiger partial charge on any atom is -0.480 e. The summed E-state index contributed by atoms with van der Waals surface area (Å²) in [5, 5.41) is 11.6. The quantitative estimate of drug-likeness (QED) is 0.735. The first-order valence-electron chi connectivity index (χ1n) is 7.19. The Morgan fingerprint density at radius 2 is 1.83 bits per heavy atom. The highest BCUT2D eigenvalue weighted by molar-refractivity contribution is 7.89. The van der Waals surface area contributed by atoms with Gasteiger partial charge < -0.3 is 10.4 Å². The average Bonchev–Trinajstić information content (AvgIpc) is 2.47. The van der Waals surface area contributed by atoms with Gasteiger partial charge in [0.05, 0.1) is 11.4 Å². The molecule has 0 aromatic heterocycles. The lowest BCUT2D eigenvalue weighted by Gasteiger charge is -2.27. The zero-order valence-corrected chi connectivity index (χ0v) is 14.3. The smallest absolute Gasteiger partial charge is 0.329 e. The maximum atomic E-state index is 12.3. The molecule has 0 fully saturated rings. The number of hydrogen-bond acceptors (Lipinski definition) is 4. The Morgan fingerprint density at radius 1 is 1.26 bits per heavy atom. The van der Waals surface area contributed by atoms with Gasteiger partial charge in [0.2, 0.25) is 15.9 Å². The SMILES string of the molecule is CCCC(C)(NC(=O)CN(C)S(=O)(=O)c1ccccc1)C(=O)O. The third kappa shape index (κ3) is 4.77. The van der Waals surface area contributed by atoms with Crippen LogP contribution in [0.15, 0.2) is 35.2 Å². The number of likely N-dealkylation sites (N-methyl/N-ethyl adjacent to an activating group) is 1. The van der Waals surface area contributed by atoms with E-state index in [2.05, 4.69) is 5.32 Å². The maximum absolute atomic E-state index is 12.3. The molecule has 1 atom stereocenters. The molecule has 7 nitrogen and oxygen atoms in total. The number of aliphatic carboxylic acids is 1. The Morgan fingerprint density at radius 3 is 2.30 bits per heavy atom. The van der Waals surface area contributed by atoms with Crippen molar-refractivity contribution in [1.82, 2.24) is 9.62 Å². The third-order valence-corrected chi connectivity index (χ3v) is 5.27. The summed E-state index contributed by atoms with van der Waals surface area (Å²) in [5.41, 5.74) is -1.41. The zero-order chi connectivity index (χ0) is 17.7. The Labute approximate surface area is 136 Å². The molecule has 0 aliphatic rings. The molecule has 1 unspecified atom stereocenters. The van der Waals surface area contributed by atoms with Gasteiger partial charge in [0.15, 0.2) is 0 Å². The topological polar surface area (TPSA) is 104 Å². The van der Waals surface area contributed by atoms with Crippen molar-refractivity contribution >= 4 is 21.9 Å². The summed E-state index contributed by atoms with van der Waals surface area (Å²) in [7, 11) is -2.52. The van der Waals surface area contributed by atoms with E-state index in [0.29, 0.717) is 6.42 Å². The molecule has 1 amide bonds. The van der Waals surface area contributed by atoms with Crippen molar-refractivity contribution in [1.29, 1.82) is 0 Å². The monoisotopic (exact) mass is 342 g/mol. The summed E-state index contributed by atoms with van der Waals surface area (Å²) in [4.78, 5) is 23.4. The van der Waals surface area contributed by atoms with Crippen molar-refractivity contribution in [2.45, 2.75) is 37.1 Å². The standard InChI is InChI=1S/C15H22N2O5S/c1-4-10-15(2,14(19)20)16-13(18)11-17(3)23(21,22)12-8-6-5-7-9-12/h5-9H,4,10-11H2,1-3H3,(H,16,18)(H,19,20). The molecular formula is C15H22N2O5S. The molecular weight excluding hydrogens is 320 g/mol. The highest BCUT2D eigenvalue weighted by Gasteiger charge is 2.34. The third-order valence-electron chi connectivity index (χ3n) is 3.45. The number of carbonyl (C=O) groups excluding carboxylic acids is 1. The summed E-state index contributed by atoms with van der Waals surface area (Å²) in [5.74, 6) is -1.81. The average molecular weight is 342 g/mol. The van der Waals surface area contributed by atoms with Crippen molar-refractivity contribution in [3.05, 3.63) is 30.3 Å². The molecule has 0 aliphatic carbocycles. The highest BCUT2D eigenvalue weighted by Crippen LogP contribution is 2.15. The van der Waals surface area contributed by atoms with E-state index in [0.717, 1.165) is 4.31 Å². The van der Waals surface area contributed by atoms with E-state index >= 15 is 0 Å². The highest BCUT2D eigenvalue weighted by atomic mass is 32.2. The van der Waals surface area contributed by atoms with Crippen LogP contribution in [0.1, 0.15) is 26.7 Å².